The highest BCUT2D eigenvalue weighted by Gasteiger charge is 2.23. The van der Waals surface area contributed by atoms with Crippen molar-refractivity contribution in [3.63, 3.8) is 0 Å². The molecule has 2 heterocycles. The number of hydrogen-bond acceptors (Lipinski definition) is 7. The lowest BCUT2D eigenvalue weighted by molar-refractivity contribution is 0.0998. The van der Waals surface area contributed by atoms with Crippen LogP contribution in [0.4, 0.5) is 5.69 Å². The summed E-state index contributed by atoms with van der Waals surface area (Å²) in [4.78, 5) is 13.0. The van der Waals surface area contributed by atoms with Gasteiger partial charge in [-0.2, -0.15) is 4.68 Å². The molecule has 10 heteroatoms. The van der Waals surface area contributed by atoms with Crippen LogP contribution in [0.3, 0.4) is 0 Å². The highest BCUT2D eigenvalue weighted by Crippen LogP contribution is 2.29. The first-order chi connectivity index (χ1) is 14.2. The lowest BCUT2D eigenvalue weighted by Crippen LogP contribution is -2.15. The normalized spacial score (nSPS) is 11.7. The molecule has 0 spiro atoms. The first-order valence-electron chi connectivity index (χ1n) is 9.08. The molecule has 2 aromatic carbocycles. The number of furan rings is 1. The second-order valence-corrected chi connectivity index (χ2v) is 9.21. The van der Waals surface area contributed by atoms with E-state index in [1.54, 1.807) is 48.0 Å². The largest absolute Gasteiger partial charge is 0.451 e. The molecule has 0 saturated carbocycles. The average molecular weight is 425 g/mol. The van der Waals surface area contributed by atoms with Crippen LogP contribution in [0, 0.1) is 13.8 Å². The molecule has 0 atom stereocenters. The summed E-state index contributed by atoms with van der Waals surface area (Å²) in [6.07, 6.45) is 1.12. The zero-order valence-electron chi connectivity index (χ0n) is 16.6. The summed E-state index contributed by atoms with van der Waals surface area (Å²) in [5, 5.41) is 14.9. The van der Waals surface area contributed by atoms with Crippen LogP contribution in [0.1, 0.15) is 27.5 Å². The molecule has 1 N–H and O–H groups in total. The number of aryl methyl sites for hydroxylation is 2. The topological polar surface area (TPSA) is 120 Å². The van der Waals surface area contributed by atoms with Gasteiger partial charge in [-0.25, -0.2) is 8.42 Å². The summed E-state index contributed by atoms with van der Waals surface area (Å²) >= 11 is 0. The second kappa shape index (κ2) is 7.38. The van der Waals surface area contributed by atoms with E-state index in [9.17, 15) is 13.2 Å². The lowest BCUT2D eigenvalue weighted by atomic mass is 10.1. The Hall–Kier alpha value is -3.53. The standard InChI is InChI=1S/C20H19N5O4S/c1-12-8-9-14(10-17(12)25-13(2)22-23-24-25)21-20(26)19-16(11-30(3,27)28)15-6-4-5-7-18(15)29-19/h4-10H,11H2,1-3H3,(H,21,26). The van der Waals surface area contributed by atoms with Crippen LogP contribution in [0.15, 0.2) is 46.9 Å². The van der Waals surface area contributed by atoms with Crippen LogP contribution in [-0.2, 0) is 15.6 Å². The maximum absolute atomic E-state index is 13.0. The number of hydrogen-bond donors (Lipinski definition) is 1. The van der Waals surface area contributed by atoms with Crippen molar-refractivity contribution in [3.8, 4) is 5.69 Å². The third-order valence-electron chi connectivity index (χ3n) is 4.63. The predicted molar refractivity (Wildman–Crippen MR) is 111 cm³/mol. The van der Waals surface area contributed by atoms with Gasteiger partial charge in [0.05, 0.1) is 11.4 Å². The number of carbonyl (C=O) groups excluding carboxylic acids is 1. The number of nitrogens with zero attached hydrogens (tertiary/aromatic N) is 4. The summed E-state index contributed by atoms with van der Waals surface area (Å²) < 4.78 is 31.1. The van der Waals surface area contributed by atoms with Gasteiger partial charge in [0.15, 0.2) is 21.4 Å². The molecule has 0 saturated heterocycles. The first-order valence-corrected chi connectivity index (χ1v) is 11.1. The molecule has 0 unspecified atom stereocenters. The number of sulfone groups is 1. The van der Waals surface area contributed by atoms with E-state index in [1.165, 1.54) is 0 Å². The third-order valence-corrected chi connectivity index (χ3v) is 5.44. The fourth-order valence-electron chi connectivity index (χ4n) is 3.25. The van der Waals surface area contributed by atoms with Crippen LogP contribution < -0.4 is 5.32 Å². The Morgan fingerprint density at radius 1 is 1.17 bits per heavy atom. The Bertz CT molecular complexity index is 1370. The number of amides is 1. The minimum atomic E-state index is -3.38. The molecule has 154 valence electrons. The molecule has 4 rings (SSSR count). The molecule has 0 fully saturated rings. The van der Waals surface area contributed by atoms with E-state index in [1.807, 2.05) is 13.0 Å². The summed E-state index contributed by atoms with van der Waals surface area (Å²) in [7, 11) is -3.38. The number of fused-ring (bicyclic) bond motifs is 1. The van der Waals surface area contributed by atoms with Crippen LogP contribution in [0.2, 0.25) is 0 Å². The fraction of sp³-hybridized carbons (Fsp3) is 0.200. The van der Waals surface area contributed by atoms with E-state index in [2.05, 4.69) is 20.8 Å². The van der Waals surface area contributed by atoms with Crippen molar-refractivity contribution in [1.82, 2.24) is 20.2 Å². The van der Waals surface area contributed by atoms with Crippen molar-refractivity contribution in [3.05, 3.63) is 65.2 Å². The number of para-hydroxylation sites is 1. The van der Waals surface area contributed by atoms with Gasteiger partial charge in [-0.15, -0.1) is 5.10 Å². The maximum Gasteiger partial charge on any atom is 0.291 e. The van der Waals surface area contributed by atoms with Crippen LogP contribution in [0.5, 0.6) is 0 Å². The van der Waals surface area contributed by atoms with Crippen molar-refractivity contribution >= 4 is 32.4 Å². The van der Waals surface area contributed by atoms with Gasteiger partial charge in [-0.1, -0.05) is 24.3 Å². The molecule has 0 aliphatic carbocycles. The minimum Gasteiger partial charge on any atom is -0.451 e. The summed E-state index contributed by atoms with van der Waals surface area (Å²) in [5.41, 5.74) is 2.94. The quantitative estimate of drug-likeness (QED) is 0.522. The smallest absolute Gasteiger partial charge is 0.291 e. The van der Waals surface area contributed by atoms with E-state index in [0.29, 0.717) is 28.0 Å². The van der Waals surface area contributed by atoms with Crippen LogP contribution in [-0.4, -0.2) is 40.8 Å². The summed E-state index contributed by atoms with van der Waals surface area (Å²) in [6.45, 7) is 3.68. The van der Waals surface area contributed by atoms with E-state index in [0.717, 1.165) is 17.5 Å². The fourth-order valence-corrected chi connectivity index (χ4v) is 4.06. The monoisotopic (exact) mass is 425 g/mol. The molecule has 30 heavy (non-hydrogen) atoms. The molecule has 1 amide bonds. The first kappa shape index (κ1) is 19.8. The van der Waals surface area contributed by atoms with Gasteiger partial charge in [-0.3, -0.25) is 4.79 Å². The SMILES string of the molecule is Cc1ccc(NC(=O)c2oc3ccccc3c2CS(C)(=O)=O)cc1-n1nnnc1C. The highest BCUT2D eigenvalue weighted by molar-refractivity contribution is 7.89. The number of nitrogens with one attached hydrogen (secondary N) is 1. The predicted octanol–water partition coefficient (Wildman–Crippen LogP) is 2.82. The van der Waals surface area contributed by atoms with Gasteiger partial charge >= 0.3 is 0 Å². The van der Waals surface area contributed by atoms with Gasteiger partial charge in [0.25, 0.3) is 5.91 Å². The third kappa shape index (κ3) is 3.81. The Kier molecular flexibility index (Phi) is 4.86. The maximum atomic E-state index is 13.0. The molecule has 0 bridgehead atoms. The Labute approximate surface area is 172 Å². The molecular formula is C20H19N5O4S. The molecule has 0 radical (unpaired) electrons. The molecule has 9 nitrogen and oxygen atoms in total. The Balaban J connectivity index is 1.72. The molecule has 2 aromatic heterocycles. The number of aromatic nitrogens is 4. The highest BCUT2D eigenvalue weighted by atomic mass is 32.2. The number of tetrazole rings is 1. The number of rotatable bonds is 5. The van der Waals surface area contributed by atoms with Crippen LogP contribution >= 0.6 is 0 Å². The van der Waals surface area contributed by atoms with Crippen molar-refractivity contribution in [2.75, 3.05) is 11.6 Å². The van der Waals surface area contributed by atoms with Gasteiger partial charge in [0.2, 0.25) is 0 Å². The van der Waals surface area contributed by atoms with Gasteiger partial charge in [-0.05, 0) is 48.0 Å². The van der Waals surface area contributed by atoms with E-state index >= 15 is 0 Å². The number of carbonyl (C=O) groups is 1. The van der Waals surface area contributed by atoms with Gasteiger partial charge < -0.3 is 9.73 Å². The van der Waals surface area contributed by atoms with Crippen molar-refractivity contribution in [2.45, 2.75) is 19.6 Å². The molecule has 4 aromatic rings. The van der Waals surface area contributed by atoms with Gasteiger partial charge in [0, 0.05) is 22.9 Å². The molecule has 0 aliphatic heterocycles. The minimum absolute atomic E-state index is 0.0256. The Morgan fingerprint density at radius 3 is 2.63 bits per heavy atom. The number of anilines is 1. The zero-order chi connectivity index (χ0) is 21.5. The second-order valence-electron chi connectivity index (χ2n) is 7.07. The van der Waals surface area contributed by atoms with Crippen molar-refractivity contribution < 1.29 is 17.6 Å². The summed E-state index contributed by atoms with van der Waals surface area (Å²) in [6, 6.07) is 12.3. The molecular weight excluding hydrogens is 406 g/mol. The lowest BCUT2D eigenvalue weighted by Gasteiger charge is -2.10. The van der Waals surface area contributed by atoms with E-state index < -0.39 is 15.7 Å². The van der Waals surface area contributed by atoms with Crippen molar-refractivity contribution in [1.29, 1.82) is 0 Å². The van der Waals surface area contributed by atoms with Gasteiger partial charge in [0.1, 0.15) is 5.58 Å². The van der Waals surface area contributed by atoms with E-state index in [-0.39, 0.29) is 11.5 Å². The zero-order valence-corrected chi connectivity index (χ0v) is 17.4. The summed E-state index contributed by atoms with van der Waals surface area (Å²) in [5.74, 6) is -0.250. The Morgan fingerprint density at radius 2 is 1.93 bits per heavy atom. The van der Waals surface area contributed by atoms with Crippen molar-refractivity contribution in [2.24, 2.45) is 0 Å². The van der Waals surface area contributed by atoms with E-state index in [4.69, 9.17) is 4.42 Å². The number of benzene rings is 2. The van der Waals surface area contributed by atoms with Crippen LogP contribution in [0.25, 0.3) is 16.7 Å². The average Bonchev–Trinajstić information content (AvgIpc) is 3.26. The molecule has 0 aliphatic rings.